The van der Waals surface area contributed by atoms with Crippen molar-refractivity contribution in [3.05, 3.63) is 51.7 Å². The van der Waals surface area contributed by atoms with Gasteiger partial charge in [-0.25, -0.2) is 14.4 Å². The lowest BCUT2D eigenvalue weighted by molar-refractivity contribution is -0.140. The number of hydrogen-bond donors (Lipinski definition) is 2. The van der Waals surface area contributed by atoms with Gasteiger partial charge in [-0.05, 0) is 37.5 Å². The molecule has 0 amide bonds. The fourth-order valence-electron chi connectivity index (χ4n) is 3.39. The summed E-state index contributed by atoms with van der Waals surface area (Å²) in [5.41, 5.74) is -0.120. The first kappa shape index (κ1) is 22.5. The highest BCUT2D eigenvalue weighted by molar-refractivity contribution is 7.09. The third kappa shape index (κ3) is 5.69. The monoisotopic (exact) mass is 444 g/mol. The molecule has 164 valence electrons. The second kappa shape index (κ2) is 9.74. The van der Waals surface area contributed by atoms with E-state index in [-0.39, 0.29) is 17.8 Å². The molecule has 0 spiro atoms. The van der Waals surface area contributed by atoms with Crippen LogP contribution in [-0.4, -0.2) is 37.2 Å². The lowest BCUT2D eigenvalue weighted by Gasteiger charge is -2.38. The summed E-state index contributed by atoms with van der Waals surface area (Å²) in [6.45, 7) is 4.30. The highest BCUT2D eigenvalue weighted by Gasteiger charge is 2.35. The van der Waals surface area contributed by atoms with Gasteiger partial charge in [-0.15, -0.1) is 11.3 Å². The maximum absolute atomic E-state index is 13.4. The smallest absolute Gasteiger partial charge is 0.381 e. The quantitative estimate of drug-likeness (QED) is 0.400. The van der Waals surface area contributed by atoms with E-state index in [1.807, 2.05) is 6.92 Å². The molecule has 5 nitrogen and oxygen atoms in total. The van der Waals surface area contributed by atoms with E-state index in [0.29, 0.717) is 37.3 Å². The minimum absolute atomic E-state index is 0.0444. The summed E-state index contributed by atoms with van der Waals surface area (Å²) >= 11 is 0.934. The van der Waals surface area contributed by atoms with Crippen molar-refractivity contribution in [3.8, 4) is 0 Å². The fourth-order valence-corrected chi connectivity index (χ4v) is 4.11. The molecule has 0 aliphatic carbocycles. The van der Waals surface area contributed by atoms with Crippen LogP contribution in [-0.2, 0) is 22.9 Å². The van der Waals surface area contributed by atoms with Gasteiger partial charge in [0, 0.05) is 37.1 Å². The van der Waals surface area contributed by atoms with Gasteiger partial charge in [0.15, 0.2) is 11.7 Å². The van der Waals surface area contributed by atoms with Crippen molar-refractivity contribution in [2.75, 3.05) is 26.3 Å². The molecule has 0 radical (unpaired) electrons. The van der Waals surface area contributed by atoms with E-state index in [9.17, 15) is 17.6 Å². The van der Waals surface area contributed by atoms with Gasteiger partial charge in [0.05, 0.1) is 6.54 Å². The third-order valence-corrected chi connectivity index (χ3v) is 5.89. The second-order valence-corrected chi connectivity index (χ2v) is 8.02. The van der Waals surface area contributed by atoms with E-state index < -0.39 is 11.9 Å². The summed E-state index contributed by atoms with van der Waals surface area (Å²) in [7, 11) is 0. The van der Waals surface area contributed by atoms with Crippen LogP contribution in [0.25, 0.3) is 0 Å². The minimum Gasteiger partial charge on any atom is -0.381 e. The van der Waals surface area contributed by atoms with E-state index >= 15 is 0 Å². The van der Waals surface area contributed by atoms with Crippen LogP contribution in [0.2, 0.25) is 0 Å². The molecule has 1 fully saturated rings. The summed E-state index contributed by atoms with van der Waals surface area (Å²) in [5, 5.41) is 7.69. The van der Waals surface area contributed by atoms with Crippen molar-refractivity contribution in [3.63, 3.8) is 0 Å². The van der Waals surface area contributed by atoms with Gasteiger partial charge in [0.2, 0.25) is 0 Å². The summed E-state index contributed by atoms with van der Waals surface area (Å²) in [6, 6.07) is 6.49. The van der Waals surface area contributed by atoms with Crippen molar-refractivity contribution in [1.29, 1.82) is 0 Å². The number of aromatic nitrogens is 1. The highest BCUT2D eigenvalue weighted by atomic mass is 32.1. The fraction of sp³-hybridized carbons (Fsp3) is 0.500. The van der Waals surface area contributed by atoms with Crippen molar-refractivity contribution in [1.82, 2.24) is 15.6 Å². The van der Waals surface area contributed by atoms with E-state index in [1.54, 1.807) is 12.1 Å². The van der Waals surface area contributed by atoms with Gasteiger partial charge in [0.25, 0.3) is 0 Å². The van der Waals surface area contributed by atoms with Crippen molar-refractivity contribution in [2.24, 2.45) is 4.99 Å². The van der Waals surface area contributed by atoms with E-state index in [2.05, 4.69) is 20.6 Å². The zero-order chi connectivity index (χ0) is 21.6. The molecular formula is C20H24F4N4OS. The summed E-state index contributed by atoms with van der Waals surface area (Å²) < 4.78 is 57.1. The first-order valence-electron chi connectivity index (χ1n) is 9.70. The number of hydrogen-bond acceptors (Lipinski definition) is 4. The number of guanidine groups is 1. The Kier molecular flexibility index (Phi) is 7.30. The third-order valence-electron chi connectivity index (χ3n) is 5.06. The predicted molar refractivity (Wildman–Crippen MR) is 108 cm³/mol. The minimum atomic E-state index is -4.45. The largest absolute Gasteiger partial charge is 0.434 e. The average Bonchev–Trinajstić information content (AvgIpc) is 3.21. The van der Waals surface area contributed by atoms with Gasteiger partial charge < -0.3 is 15.4 Å². The SMILES string of the molecule is CCNC(=NCc1nc(C(F)(F)F)cs1)NCC1(c2ccc(F)cc2)CCOCC1. The molecule has 2 N–H and O–H groups in total. The van der Waals surface area contributed by atoms with Crippen LogP contribution in [0, 0.1) is 5.82 Å². The molecule has 1 saturated heterocycles. The Labute approximate surface area is 176 Å². The number of nitrogens with zero attached hydrogens (tertiary/aromatic N) is 2. The molecule has 3 rings (SSSR count). The lowest BCUT2D eigenvalue weighted by atomic mass is 9.74. The number of benzene rings is 1. The lowest BCUT2D eigenvalue weighted by Crippen LogP contribution is -2.48. The Balaban J connectivity index is 1.72. The van der Waals surface area contributed by atoms with Gasteiger partial charge in [0.1, 0.15) is 10.8 Å². The Morgan fingerprint density at radius 3 is 2.50 bits per heavy atom. The molecule has 1 aliphatic heterocycles. The molecule has 1 aliphatic rings. The van der Waals surface area contributed by atoms with Gasteiger partial charge in [-0.2, -0.15) is 13.2 Å². The topological polar surface area (TPSA) is 58.5 Å². The maximum Gasteiger partial charge on any atom is 0.434 e. The molecule has 1 aromatic heterocycles. The van der Waals surface area contributed by atoms with Crippen molar-refractivity contribution >= 4 is 17.3 Å². The number of aliphatic imine (C=N–C) groups is 1. The second-order valence-electron chi connectivity index (χ2n) is 7.07. The number of rotatable bonds is 6. The van der Waals surface area contributed by atoms with Gasteiger partial charge in [-0.3, -0.25) is 0 Å². The molecule has 0 bridgehead atoms. The first-order valence-corrected chi connectivity index (χ1v) is 10.6. The molecule has 2 aromatic rings. The molecule has 0 atom stereocenters. The van der Waals surface area contributed by atoms with E-state index in [1.165, 1.54) is 12.1 Å². The maximum atomic E-state index is 13.4. The predicted octanol–water partition coefficient (Wildman–Crippen LogP) is 4.10. The van der Waals surface area contributed by atoms with Crippen molar-refractivity contribution in [2.45, 2.75) is 37.9 Å². The number of alkyl halides is 3. The standard InChI is InChI=1S/C20H24F4N4OS/c1-2-25-18(26-11-17-28-16(12-30-17)20(22,23)24)27-13-19(7-9-29-10-8-19)14-3-5-15(21)6-4-14/h3-6,12H,2,7-11,13H2,1H3,(H2,25,26,27). The highest BCUT2D eigenvalue weighted by Crippen LogP contribution is 2.34. The molecule has 2 heterocycles. The van der Waals surface area contributed by atoms with Crippen LogP contribution < -0.4 is 10.6 Å². The molecule has 0 saturated carbocycles. The zero-order valence-electron chi connectivity index (χ0n) is 16.6. The van der Waals surface area contributed by atoms with Crippen LogP contribution in [0.15, 0.2) is 34.6 Å². The average molecular weight is 444 g/mol. The number of thiazole rings is 1. The molecule has 10 heteroatoms. The molecular weight excluding hydrogens is 420 g/mol. The number of nitrogens with one attached hydrogen (secondary N) is 2. The van der Waals surface area contributed by atoms with E-state index in [0.717, 1.165) is 35.1 Å². The summed E-state index contributed by atoms with van der Waals surface area (Å²) in [5.74, 6) is 0.208. The zero-order valence-corrected chi connectivity index (χ0v) is 17.4. The van der Waals surface area contributed by atoms with Crippen LogP contribution in [0.4, 0.5) is 17.6 Å². The first-order chi connectivity index (χ1) is 14.3. The normalized spacial score (nSPS) is 17.0. The number of halogens is 4. The molecule has 0 unspecified atom stereocenters. The van der Waals surface area contributed by atoms with Crippen LogP contribution in [0.1, 0.15) is 36.0 Å². The number of ether oxygens (including phenoxy) is 1. The Bertz CT molecular complexity index is 845. The van der Waals surface area contributed by atoms with Crippen molar-refractivity contribution < 1.29 is 22.3 Å². The summed E-state index contributed by atoms with van der Waals surface area (Å²) in [4.78, 5) is 8.00. The summed E-state index contributed by atoms with van der Waals surface area (Å²) in [6.07, 6.45) is -2.91. The van der Waals surface area contributed by atoms with Crippen LogP contribution >= 0.6 is 11.3 Å². The Morgan fingerprint density at radius 1 is 1.20 bits per heavy atom. The van der Waals surface area contributed by atoms with Crippen LogP contribution in [0.3, 0.4) is 0 Å². The van der Waals surface area contributed by atoms with E-state index in [4.69, 9.17) is 4.74 Å². The Hall–Kier alpha value is -2.20. The molecule has 30 heavy (non-hydrogen) atoms. The van der Waals surface area contributed by atoms with Gasteiger partial charge in [-0.1, -0.05) is 12.1 Å². The Morgan fingerprint density at radius 2 is 1.90 bits per heavy atom. The van der Waals surface area contributed by atoms with Crippen LogP contribution in [0.5, 0.6) is 0 Å². The van der Waals surface area contributed by atoms with Gasteiger partial charge >= 0.3 is 6.18 Å². The molecule has 1 aromatic carbocycles.